The van der Waals surface area contributed by atoms with Crippen molar-refractivity contribution in [2.24, 2.45) is 11.3 Å². The van der Waals surface area contributed by atoms with E-state index in [0.29, 0.717) is 52.4 Å². The third-order valence-corrected chi connectivity index (χ3v) is 12.2. The molecule has 1 saturated carbocycles. The van der Waals surface area contributed by atoms with Gasteiger partial charge < -0.3 is 19.9 Å². The number of piperidine rings is 2. The van der Waals surface area contributed by atoms with Gasteiger partial charge in [-0.15, -0.1) is 0 Å². The van der Waals surface area contributed by atoms with Crippen molar-refractivity contribution in [1.29, 1.82) is 0 Å². The van der Waals surface area contributed by atoms with Crippen LogP contribution in [0.1, 0.15) is 93.1 Å². The van der Waals surface area contributed by atoms with E-state index in [9.17, 15) is 14.4 Å². The van der Waals surface area contributed by atoms with Gasteiger partial charge in [0.15, 0.2) is 17.3 Å². The molecular weight excluding hydrogens is 716 g/mol. The van der Waals surface area contributed by atoms with Crippen LogP contribution >= 0.6 is 0 Å². The molecule has 9 rings (SSSR count). The van der Waals surface area contributed by atoms with Crippen molar-refractivity contribution >= 4 is 45.8 Å². The molecule has 56 heavy (non-hydrogen) atoms. The number of amides is 3. The normalized spacial score (nSPS) is 22.8. The minimum Gasteiger partial charge on any atom is -0.490 e. The van der Waals surface area contributed by atoms with E-state index < -0.39 is 11.7 Å². The van der Waals surface area contributed by atoms with Gasteiger partial charge in [0.2, 0.25) is 11.8 Å². The number of halogens is 1. The van der Waals surface area contributed by atoms with E-state index in [-0.39, 0.29) is 35.7 Å². The van der Waals surface area contributed by atoms with Crippen LogP contribution in [0.4, 0.5) is 15.9 Å². The second kappa shape index (κ2) is 14.6. The molecule has 1 spiro atoms. The quantitative estimate of drug-likeness (QED) is 0.184. The monoisotopic (exact) mass is 762 g/mol. The number of rotatable bonds is 9. The van der Waals surface area contributed by atoms with Gasteiger partial charge >= 0.3 is 0 Å². The number of ether oxygens (including phenoxy) is 1. The first-order valence-corrected chi connectivity index (χ1v) is 19.9. The Bertz CT molecular complexity index is 2300. The molecule has 4 fully saturated rings. The average molecular weight is 763 g/mol. The van der Waals surface area contributed by atoms with Crippen LogP contribution in [-0.4, -0.2) is 90.8 Å². The molecular formula is C41H47FN10O4. The molecule has 1 aliphatic carbocycles. The summed E-state index contributed by atoms with van der Waals surface area (Å²) in [7, 11) is 0. The zero-order valence-corrected chi connectivity index (χ0v) is 31.8. The highest BCUT2D eigenvalue weighted by atomic mass is 19.1. The van der Waals surface area contributed by atoms with Crippen LogP contribution in [-0.2, 0) is 9.59 Å². The van der Waals surface area contributed by atoms with E-state index in [2.05, 4.69) is 41.5 Å². The minimum absolute atomic E-state index is 0.121. The smallest absolute Gasteiger partial charge is 0.259 e. The predicted octanol–water partition coefficient (Wildman–Crippen LogP) is 5.51. The summed E-state index contributed by atoms with van der Waals surface area (Å²) in [6.07, 6.45) is 15.6. The van der Waals surface area contributed by atoms with E-state index in [1.807, 2.05) is 30.9 Å². The Kier molecular flexibility index (Phi) is 9.42. The van der Waals surface area contributed by atoms with Gasteiger partial charge in [0.05, 0.1) is 35.3 Å². The summed E-state index contributed by atoms with van der Waals surface area (Å²) in [4.78, 5) is 50.8. The molecule has 4 aliphatic rings. The van der Waals surface area contributed by atoms with Crippen molar-refractivity contribution < 1.29 is 23.5 Å². The highest BCUT2D eigenvalue weighted by Crippen LogP contribution is 2.43. The number of likely N-dealkylation sites (tertiary alicyclic amines) is 1. The van der Waals surface area contributed by atoms with Gasteiger partial charge in [-0.25, -0.2) is 18.9 Å². The first kappa shape index (κ1) is 36.2. The summed E-state index contributed by atoms with van der Waals surface area (Å²) in [5.74, 6) is -0.427. The fourth-order valence-electron chi connectivity index (χ4n) is 9.27. The summed E-state index contributed by atoms with van der Waals surface area (Å²) in [6, 6.07) is 7.24. The van der Waals surface area contributed by atoms with Gasteiger partial charge in [0, 0.05) is 75.4 Å². The highest BCUT2D eigenvalue weighted by Gasteiger charge is 2.45. The molecule has 3 amide bonds. The van der Waals surface area contributed by atoms with E-state index >= 15 is 4.39 Å². The molecule has 2 N–H and O–H groups in total. The Balaban J connectivity index is 0.773. The Morgan fingerprint density at radius 1 is 1.05 bits per heavy atom. The number of carbonyl (C=O) groups excluding carboxylic acids is 3. The number of pyridine rings is 1. The lowest BCUT2D eigenvalue weighted by atomic mass is 9.71. The molecule has 0 radical (unpaired) electrons. The fraction of sp³-hybridized carbons (Fsp3) is 0.488. The molecule has 7 heterocycles. The number of imide groups is 1. The first-order chi connectivity index (χ1) is 27.1. The maximum absolute atomic E-state index is 15.3. The Labute approximate surface area is 323 Å². The largest absolute Gasteiger partial charge is 0.490 e. The van der Waals surface area contributed by atoms with Crippen LogP contribution < -0.4 is 20.3 Å². The van der Waals surface area contributed by atoms with Gasteiger partial charge in [0.25, 0.3) is 5.91 Å². The Hall–Kier alpha value is -5.44. The molecule has 1 aromatic carbocycles. The number of aromatic nitrogens is 6. The summed E-state index contributed by atoms with van der Waals surface area (Å²) in [5.41, 5.74) is 3.13. The van der Waals surface area contributed by atoms with E-state index in [1.54, 1.807) is 35.4 Å². The predicted molar refractivity (Wildman–Crippen MR) is 207 cm³/mol. The lowest BCUT2D eigenvalue weighted by molar-refractivity contribution is -0.134. The molecule has 3 aliphatic heterocycles. The maximum Gasteiger partial charge on any atom is 0.259 e. The lowest BCUT2D eigenvalue weighted by Crippen LogP contribution is -2.61. The van der Waals surface area contributed by atoms with Crippen molar-refractivity contribution in [3.8, 4) is 5.75 Å². The van der Waals surface area contributed by atoms with Gasteiger partial charge in [-0.2, -0.15) is 10.2 Å². The number of hydrogen-bond acceptors (Lipinski definition) is 10. The molecule has 1 atom stereocenters. The van der Waals surface area contributed by atoms with Crippen LogP contribution in [0, 0.1) is 17.2 Å². The van der Waals surface area contributed by atoms with Crippen LogP contribution in [0.25, 0.3) is 16.6 Å². The van der Waals surface area contributed by atoms with E-state index in [1.165, 1.54) is 6.07 Å². The number of hydrogen-bond donors (Lipinski definition) is 2. The van der Waals surface area contributed by atoms with Crippen molar-refractivity contribution in [2.75, 3.05) is 42.9 Å². The second-order valence-electron chi connectivity index (χ2n) is 16.5. The van der Waals surface area contributed by atoms with Crippen LogP contribution in [0.3, 0.4) is 0 Å². The number of fused-ring (bicyclic) bond motifs is 2. The van der Waals surface area contributed by atoms with E-state index in [4.69, 9.17) is 9.84 Å². The summed E-state index contributed by atoms with van der Waals surface area (Å²) in [5, 5.41) is 15.5. The summed E-state index contributed by atoms with van der Waals surface area (Å²) >= 11 is 0. The van der Waals surface area contributed by atoms with Crippen LogP contribution in [0.15, 0.2) is 55.2 Å². The van der Waals surface area contributed by atoms with Crippen molar-refractivity contribution in [3.63, 3.8) is 0 Å². The summed E-state index contributed by atoms with van der Waals surface area (Å²) < 4.78 is 25.1. The molecule has 5 aromatic rings. The molecule has 15 heteroatoms. The van der Waals surface area contributed by atoms with Gasteiger partial charge in [-0.1, -0.05) is 0 Å². The summed E-state index contributed by atoms with van der Waals surface area (Å²) in [6.45, 7) is 8.67. The number of benzene rings is 1. The topological polar surface area (TPSA) is 152 Å². The number of nitrogens with zero attached hydrogens (tertiary/aromatic N) is 8. The zero-order chi connectivity index (χ0) is 38.6. The van der Waals surface area contributed by atoms with Crippen molar-refractivity contribution in [1.82, 2.24) is 39.6 Å². The molecule has 0 bridgehead atoms. The SMILES string of the molecule is CC(C)Oc1cc2nn(C3CCC(CN4CC5(CCN(c6ncc(C7CCC(=O)NC7=O)cc6F)CC5)C4)CC3)cc2cc1C(=O)Nc1cnn2cccnc12. The number of carbonyl (C=O) groups is 3. The fourth-order valence-corrected chi connectivity index (χ4v) is 9.27. The number of nitrogens with one attached hydrogen (secondary N) is 2. The average Bonchev–Trinajstić information content (AvgIpc) is 3.78. The van der Waals surface area contributed by atoms with Crippen molar-refractivity contribution in [2.45, 2.75) is 83.3 Å². The standard InChI is InChI=1S/C41H47FN10O4/c1-25(2)56-35-18-33-28(16-31(35)40(55)46-34-20-45-51-13-3-12-43-38(34)51)22-52(48-33)29-6-4-26(5-7-29)21-49-23-41(24-49)10-14-50(15-11-41)37-32(42)17-27(19-44-37)30-8-9-36(53)47-39(30)54/h3,12-13,16-20,22,25-26,29-30H,4-11,14-15,21,23-24H2,1-2H3,(H,46,55)(H,47,53,54). The first-order valence-electron chi connectivity index (χ1n) is 19.9. The highest BCUT2D eigenvalue weighted by molar-refractivity contribution is 6.09. The molecule has 292 valence electrons. The van der Waals surface area contributed by atoms with Gasteiger partial charge in [0.1, 0.15) is 11.4 Å². The van der Waals surface area contributed by atoms with E-state index in [0.717, 1.165) is 82.2 Å². The number of anilines is 2. The van der Waals surface area contributed by atoms with Crippen molar-refractivity contribution in [3.05, 3.63) is 72.2 Å². The third-order valence-electron chi connectivity index (χ3n) is 12.2. The molecule has 4 aromatic heterocycles. The van der Waals surface area contributed by atoms with Crippen LogP contribution in [0.2, 0.25) is 0 Å². The van der Waals surface area contributed by atoms with Gasteiger partial charge in [-0.3, -0.25) is 24.4 Å². The molecule has 3 saturated heterocycles. The second-order valence-corrected chi connectivity index (χ2v) is 16.5. The zero-order valence-electron chi connectivity index (χ0n) is 31.8. The maximum atomic E-state index is 15.3. The molecule has 1 unspecified atom stereocenters. The van der Waals surface area contributed by atoms with Gasteiger partial charge in [-0.05, 0) is 93.9 Å². The lowest BCUT2D eigenvalue weighted by Gasteiger charge is -2.55. The Morgan fingerprint density at radius 2 is 1.86 bits per heavy atom. The Morgan fingerprint density at radius 3 is 2.61 bits per heavy atom. The van der Waals surface area contributed by atoms with Crippen LogP contribution in [0.5, 0.6) is 5.75 Å². The molecule has 14 nitrogen and oxygen atoms in total. The minimum atomic E-state index is -0.543. The third kappa shape index (κ3) is 7.08.